The van der Waals surface area contributed by atoms with Crippen LogP contribution in [0.25, 0.3) is 0 Å². The van der Waals surface area contributed by atoms with E-state index in [1.807, 2.05) is 6.92 Å². The van der Waals surface area contributed by atoms with Crippen molar-refractivity contribution in [2.24, 2.45) is 0 Å². The summed E-state index contributed by atoms with van der Waals surface area (Å²) in [6.45, 7) is 3.91. The first-order valence-electron chi connectivity index (χ1n) is 6.55. The van der Waals surface area contributed by atoms with Gasteiger partial charge in [0.05, 0.1) is 5.69 Å². The van der Waals surface area contributed by atoms with Crippen molar-refractivity contribution in [3.8, 4) is 0 Å². The molecule has 1 aromatic carbocycles. The number of carboxylic acid groups (broad SMARTS) is 1. The van der Waals surface area contributed by atoms with E-state index in [2.05, 4.69) is 17.6 Å². The molecule has 0 aliphatic carbocycles. The lowest BCUT2D eigenvalue weighted by atomic mass is 10.1. The van der Waals surface area contributed by atoms with E-state index in [9.17, 15) is 14.0 Å². The molecule has 1 rings (SSSR count). The Bertz CT molecular complexity index is 491. The number of unbranched alkanes of at least 4 members (excludes halogenated alkanes) is 1. The van der Waals surface area contributed by atoms with Crippen molar-refractivity contribution in [1.29, 1.82) is 0 Å². The Labute approximate surface area is 117 Å². The van der Waals surface area contributed by atoms with Gasteiger partial charge in [0.2, 0.25) is 0 Å². The highest BCUT2D eigenvalue weighted by atomic mass is 19.1. The van der Waals surface area contributed by atoms with Crippen LogP contribution in [-0.2, 0) is 0 Å². The molecule has 20 heavy (non-hydrogen) atoms. The molecule has 3 N–H and O–H groups in total. The van der Waals surface area contributed by atoms with Gasteiger partial charge in [0.15, 0.2) is 0 Å². The van der Waals surface area contributed by atoms with E-state index in [1.54, 1.807) is 0 Å². The summed E-state index contributed by atoms with van der Waals surface area (Å²) < 4.78 is 13.4. The largest absolute Gasteiger partial charge is 0.478 e. The van der Waals surface area contributed by atoms with Crippen LogP contribution in [0.2, 0.25) is 0 Å². The molecule has 2 amide bonds. The Kier molecular flexibility index (Phi) is 5.96. The molecule has 1 unspecified atom stereocenters. The molecular formula is C14H19FN2O3. The maximum Gasteiger partial charge on any atom is 0.340 e. The number of carbonyl (C=O) groups is 2. The zero-order valence-electron chi connectivity index (χ0n) is 11.6. The lowest BCUT2D eigenvalue weighted by Gasteiger charge is -2.15. The van der Waals surface area contributed by atoms with Crippen molar-refractivity contribution in [2.75, 3.05) is 5.32 Å². The molecule has 0 aliphatic rings. The van der Waals surface area contributed by atoms with E-state index in [1.165, 1.54) is 12.1 Å². The number of aromatic carboxylic acids is 1. The van der Waals surface area contributed by atoms with Crippen LogP contribution >= 0.6 is 0 Å². The Morgan fingerprint density at radius 1 is 1.40 bits per heavy atom. The first kappa shape index (κ1) is 15.9. The lowest BCUT2D eigenvalue weighted by Crippen LogP contribution is -2.36. The third-order valence-electron chi connectivity index (χ3n) is 2.84. The molecular weight excluding hydrogens is 263 g/mol. The van der Waals surface area contributed by atoms with Gasteiger partial charge in [-0.2, -0.15) is 0 Å². The van der Waals surface area contributed by atoms with Gasteiger partial charge in [-0.3, -0.25) is 0 Å². The van der Waals surface area contributed by atoms with Crippen LogP contribution in [0.3, 0.4) is 0 Å². The molecule has 0 fully saturated rings. The fourth-order valence-electron chi connectivity index (χ4n) is 1.81. The van der Waals surface area contributed by atoms with E-state index in [0.29, 0.717) is 0 Å². The van der Waals surface area contributed by atoms with Crippen molar-refractivity contribution in [2.45, 2.75) is 39.2 Å². The Morgan fingerprint density at radius 2 is 2.10 bits per heavy atom. The minimum atomic E-state index is -1.42. The number of halogens is 1. The number of anilines is 1. The van der Waals surface area contributed by atoms with E-state index >= 15 is 0 Å². The quantitative estimate of drug-likeness (QED) is 0.749. The molecule has 0 bridgehead atoms. The average molecular weight is 282 g/mol. The van der Waals surface area contributed by atoms with Gasteiger partial charge < -0.3 is 15.7 Å². The van der Waals surface area contributed by atoms with Gasteiger partial charge in [-0.05, 0) is 25.5 Å². The minimum absolute atomic E-state index is 0.0308. The van der Waals surface area contributed by atoms with Crippen LogP contribution in [0.1, 0.15) is 43.5 Å². The van der Waals surface area contributed by atoms with Gasteiger partial charge in [0, 0.05) is 6.04 Å². The second-order valence-corrected chi connectivity index (χ2v) is 4.61. The monoisotopic (exact) mass is 282 g/mol. The number of benzene rings is 1. The number of hydrogen-bond donors (Lipinski definition) is 3. The smallest absolute Gasteiger partial charge is 0.340 e. The molecule has 0 radical (unpaired) electrons. The molecule has 1 aromatic rings. The molecule has 0 spiro atoms. The highest BCUT2D eigenvalue weighted by molar-refractivity contribution is 6.00. The predicted molar refractivity (Wildman–Crippen MR) is 74.5 cm³/mol. The van der Waals surface area contributed by atoms with Crippen molar-refractivity contribution in [1.82, 2.24) is 5.32 Å². The Morgan fingerprint density at radius 3 is 2.70 bits per heavy atom. The maximum absolute atomic E-state index is 13.4. The number of nitrogens with one attached hydrogen (secondary N) is 2. The van der Waals surface area contributed by atoms with Crippen LogP contribution in [0.4, 0.5) is 14.9 Å². The molecule has 1 atom stereocenters. The molecule has 0 saturated carbocycles. The van der Waals surface area contributed by atoms with Gasteiger partial charge in [0.1, 0.15) is 11.4 Å². The molecule has 0 heterocycles. The van der Waals surface area contributed by atoms with E-state index in [0.717, 1.165) is 25.3 Å². The van der Waals surface area contributed by atoms with Crippen LogP contribution in [-0.4, -0.2) is 23.1 Å². The molecule has 6 heteroatoms. The third kappa shape index (κ3) is 4.53. The fourth-order valence-corrected chi connectivity index (χ4v) is 1.81. The van der Waals surface area contributed by atoms with Crippen molar-refractivity contribution in [3.63, 3.8) is 0 Å². The topological polar surface area (TPSA) is 78.4 Å². The van der Waals surface area contributed by atoms with Crippen LogP contribution < -0.4 is 10.6 Å². The molecule has 110 valence electrons. The summed E-state index contributed by atoms with van der Waals surface area (Å²) in [7, 11) is 0. The standard InChI is InChI=1S/C14H19FN2O3/c1-3-4-6-9(2)16-14(20)17-11-8-5-7-10(15)12(11)13(18)19/h5,7-9H,3-4,6H2,1-2H3,(H,18,19)(H2,16,17,20). The Hall–Kier alpha value is -2.11. The number of carbonyl (C=O) groups excluding carboxylic acids is 1. The van der Waals surface area contributed by atoms with E-state index in [-0.39, 0.29) is 11.7 Å². The highest BCUT2D eigenvalue weighted by Gasteiger charge is 2.17. The lowest BCUT2D eigenvalue weighted by molar-refractivity contribution is 0.0693. The number of rotatable bonds is 6. The van der Waals surface area contributed by atoms with Crippen molar-refractivity contribution < 1.29 is 19.1 Å². The first-order valence-corrected chi connectivity index (χ1v) is 6.55. The van der Waals surface area contributed by atoms with E-state index in [4.69, 9.17) is 5.11 Å². The molecule has 0 aromatic heterocycles. The highest BCUT2D eigenvalue weighted by Crippen LogP contribution is 2.18. The summed E-state index contributed by atoms with van der Waals surface area (Å²) in [4.78, 5) is 22.7. The number of urea groups is 1. The summed E-state index contributed by atoms with van der Waals surface area (Å²) in [5.74, 6) is -2.30. The number of carboxylic acids is 1. The van der Waals surface area contributed by atoms with Crippen LogP contribution in [0.5, 0.6) is 0 Å². The maximum atomic E-state index is 13.4. The van der Waals surface area contributed by atoms with Gasteiger partial charge in [-0.25, -0.2) is 14.0 Å². The summed E-state index contributed by atoms with van der Waals surface area (Å²) in [5, 5.41) is 14.0. The SMILES string of the molecule is CCCCC(C)NC(=O)Nc1cccc(F)c1C(=O)O. The van der Waals surface area contributed by atoms with Crippen molar-refractivity contribution >= 4 is 17.7 Å². The summed E-state index contributed by atoms with van der Waals surface area (Å²) in [6, 6.07) is 3.16. The minimum Gasteiger partial charge on any atom is -0.478 e. The van der Waals surface area contributed by atoms with E-state index < -0.39 is 23.4 Å². The van der Waals surface area contributed by atoms with Gasteiger partial charge in [0.25, 0.3) is 0 Å². The van der Waals surface area contributed by atoms with Crippen molar-refractivity contribution in [3.05, 3.63) is 29.6 Å². The first-order chi connectivity index (χ1) is 9.45. The second-order valence-electron chi connectivity index (χ2n) is 4.61. The van der Waals surface area contributed by atoms with Gasteiger partial charge >= 0.3 is 12.0 Å². The second kappa shape index (κ2) is 7.47. The molecule has 5 nitrogen and oxygen atoms in total. The van der Waals surface area contributed by atoms with Crippen LogP contribution in [0.15, 0.2) is 18.2 Å². The fraction of sp³-hybridized carbons (Fsp3) is 0.429. The summed E-state index contributed by atoms with van der Waals surface area (Å²) in [5.41, 5.74) is -0.596. The van der Waals surface area contributed by atoms with Gasteiger partial charge in [-0.1, -0.05) is 25.8 Å². The predicted octanol–water partition coefficient (Wildman–Crippen LogP) is 3.22. The zero-order valence-corrected chi connectivity index (χ0v) is 11.6. The molecule has 0 saturated heterocycles. The van der Waals surface area contributed by atoms with Gasteiger partial charge in [-0.15, -0.1) is 0 Å². The average Bonchev–Trinajstić information content (AvgIpc) is 2.35. The zero-order chi connectivity index (χ0) is 15.1. The number of hydrogen-bond acceptors (Lipinski definition) is 2. The van der Waals surface area contributed by atoms with Crippen LogP contribution in [0, 0.1) is 5.82 Å². The summed E-state index contributed by atoms with van der Waals surface area (Å²) >= 11 is 0. The third-order valence-corrected chi connectivity index (χ3v) is 2.84. The Balaban J connectivity index is 2.71. The number of amides is 2. The normalized spacial score (nSPS) is 11.8. The summed E-state index contributed by atoms with van der Waals surface area (Å²) in [6.07, 6.45) is 2.85. The molecule has 0 aliphatic heterocycles.